The molecule has 4 heteroatoms. The zero-order valence-corrected chi connectivity index (χ0v) is 7.36. The van der Waals surface area contributed by atoms with Gasteiger partial charge in [0.05, 0.1) is 0 Å². The van der Waals surface area contributed by atoms with Crippen molar-refractivity contribution in [2.24, 2.45) is 5.92 Å². The van der Waals surface area contributed by atoms with Gasteiger partial charge in [-0.1, -0.05) is 11.1 Å². The molecule has 1 heterocycles. The lowest BCUT2D eigenvalue weighted by Gasteiger charge is -2.08. The van der Waals surface area contributed by atoms with Crippen molar-refractivity contribution in [3.63, 3.8) is 0 Å². The van der Waals surface area contributed by atoms with Crippen LogP contribution in [-0.2, 0) is 11.1 Å². The SMILES string of the molecule is O=S([O-])CCCC1CCNC1. The van der Waals surface area contributed by atoms with E-state index in [-0.39, 0.29) is 0 Å². The zero-order chi connectivity index (χ0) is 8.10. The molecule has 2 atom stereocenters. The van der Waals surface area contributed by atoms with Crippen LogP contribution in [0.4, 0.5) is 0 Å². The van der Waals surface area contributed by atoms with Crippen LogP contribution < -0.4 is 5.32 Å². The molecule has 0 bridgehead atoms. The Bertz CT molecular complexity index is 134. The Balaban J connectivity index is 1.98. The molecule has 0 aliphatic carbocycles. The molecule has 0 amide bonds. The van der Waals surface area contributed by atoms with Gasteiger partial charge in [0.15, 0.2) is 0 Å². The van der Waals surface area contributed by atoms with Crippen LogP contribution in [0, 0.1) is 5.92 Å². The van der Waals surface area contributed by atoms with Gasteiger partial charge in [0.2, 0.25) is 0 Å². The molecule has 1 aliphatic rings. The summed E-state index contributed by atoms with van der Waals surface area (Å²) in [5, 5.41) is 3.26. The normalized spacial score (nSPS) is 27.2. The first kappa shape index (κ1) is 9.16. The predicted octanol–water partition coefficient (Wildman–Crippen LogP) is 0.255. The molecule has 1 rings (SSSR count). The molecule has 1 N–H and O–H groups in total. The fourth-order valence-electron chi connectivity index (χ4n) is 1.45. The van der Waals surface area contributed by atoms with Crippen molar-refractivity contribution in [3.05, 3.63) is 0 Å². The van der Waals surface area contributed by atoms with Gasteiger partial charge in [-0.25, -0.2) is 0 Å². The minimum absolute atomic E-state index is 0.330. The Hall–Kier alpha value is 0.0700. The number of hydrogen-bond acceptors (Lipinski definition) is 3. The van der Waals surface area contributed by atoms with Crippen molar-refractivity contribution >= 4 is 11.1 Å². The molecule has 0 aromatic rings. The van der Waals surface area contributed by atoms with E-state index in [4.69, 9.17) is 0 Å². The largest absolute Gasteiger partial charge is 0.772 e. The summed E-state index contributed by atoms with van der Waals surface area (Å²) < 4.78 is 20.3. The van der Waals surface area contributed by atoms with Crippen LogP contribution in [0.2, 0.25) is 0 Å². The lowest BCUT2D eigenvalue weighted by molar-refractivity contribution is 0.506. The molecule has 1 aliphatic heterocycles. The van der Waals surface area contributed by atoms with Crippen molar-refractivity contribution in [2.75, 3.05) is 18.8 Å². The fourth-order valence-corrected chi connectivity index (χ4v) is 1.85. The first-order valence-electron chi connectivity index (χ1n) is 4.05. The minimum Gasteiger partial charge on any atom is -0.772 e. The molecule has 3 nitrogen and oxygen atoms in total. The number of nitrogens with one attached hydrogen (secondary N) is 1. The van der Waals surface area contributed by atoms with Crippen LogP contribution in [0.3, 0.4) is 0 Å². The van der Waals surface area contributed by atoms with E-state index in [1.165, 1.54) is 6.42 Å². The van der Waals surface area contributed by atoms with Crippen LogP contribution in [-0.4, -0.2) is 27.6 Å². The van der Waals surface area contributed by atoms with Crippen LogP contribution in [0.1, 0.15) is 19.3 Å². The van der Waals surface area contributed by atoms with Gasteiger partial charge in [0.25, 0.3) is 0 Å². The van der Waals surface area contributed by atoms with Crippen molar-refractivity contribution < 1.29 is 8.76 Å². The second-order valence-electron chi connectivity index (χ2n) is 3.01. The maximum Gasteiger partial charge on any atom is 0.0102 e. The Kier molecular flexibility index (Phi) is 4.04. The molecule has 2 unspecified atom stereocenters. The maximum absolute atomic E-state index is 10.2. The molecule has 1 fully saturated rings. The van der Waals surface area contributed by atoms with Crippen molar-refractivity contribution in [1.29, 1.82) is 0 Å². The van der Waals surface area contributed by atoms with Gasteiger partial charge in [-0.15, -0.1) is 0 Å². The quantitative estimate of drug-likeness (QED) is 0.625. The van der Waals surface area contributed by atoms with E-state index in [9.17, 15) is 8.76 Å². The van der Waals surface area contributed by atoms with Crippen LogP contribution in [0.25, 0.3) is 0 Å². The van der Waals surface area contributed by atoms with Gasteiger partial charge in [0, 0.05) is 5.75 Å². The Morgan fingerprint density at radius 3 is 3.00 bits per heavy atom. The Morgan fingerprint density at radius 1 is 1.64 bits per heavy atom. The van der Waals surface area contributed by atoms with Gasteiger partial charge in [0.1, 0.15) is 0 Å². The van der Waals surface area contributed by atoms with Gasteiger partial charge in [-0.05, 0) is 38.3 Å². The molecule has 0 radical (unpaired) electrons. The van der Waals surface area contributed by atoms with Crippen LogP contribution in [0.15, 0.2) is 0 Å². The molecule has 11 heavy (non-hydrogen) atoms. The number of rotatable bonds is 4. The van der Waals surface area contributed by atoms with E-state index in [1.54, 1.807) is 0 Å². The number of hydrogen-bond donors (Lipinski definition) is 1. The average Bonchev–Trinajstić information content (AvgIpc) is 2.39. The third kappa shape index (κ3) is 3.84. The Labute approximate surface area is 69.9 Å². The summed E-state index contributed by atoms with van der Waals surface area (Å²) in [5.41, 5.74) is 0. The monoisotopic (exact) mass is 176 g/mol. The lowest BCUT2D eigenvalue weighted by atomic mass is 10.0. The fraction of sp³-hybridized carbons (Fsp3) is 1.00. The van der Waals surface area contributed by atoms with Crippen molar-refractivity contribution in [2.45, 2.75) is 19.3 Å². The summed E-state index contributed by atoms with van der Waals surface area (Å²) in [4.78, 5) is 0. The van der Waals surface area contributed by atoms with Gasteiger partial charge >= 0.3 is 0 Å². The molecule has 1 saturated heterocycles. The van der Waals surface area contributed by atoms with Crippen LogP contribution >= 0.6 is 0 Å². The molecule has 0 saturated carbocycles. The van der Waals surface area contributed by atoms with Gasteiger partial charge in [-0.3, -0.25) is 4.21 Å². The predicted molar refractivity (Wildman–Crippen MR) is 44.0 cm³/mol. The van der Waals surface area contributed by atoms with E-state index in [2.05, 4.69) is 5.32 Å². The second-order valence-corrected chi connectivity index (χ2v) is 4.02. The minimum atomic E-state index is -1.84. The summed E-state index contributed by atoms with van der Waals surface area (Å²) in [6.45, 7) is 2.18. The van der Waals surface area contributed by atoms with E-state index in [0.717, 1.165) is 31.8 Å². The van der Waals surface area contributed by atoms with Crippen molar-refractivity contribution in [1.82, 2.24) is 5.32 Å². The van der Waals surface area contributed by atoms with E-state index >= 15 is 0 Å². The second kappa shape index (κ2) is 4.85. The highest BCUT2D eigenvalue weighted by Gasteiger charge is 2.12. The first-order valence-corrected chi connectivity index (χ1v) is 5.30. The maximum atomic E-state index is 10.2. The van der Waals surface area contributed by atoms with Crippen molar-refractivity contribution in [3.8, 4) is 0 Å². The summed E-state index contributed by atoms with van der Waals surface area (Å²) >= 11 is -1.84. The van der Waals surface area contributed by atoms with E-state index < -0.39 is 11.1 Å². The smallest absolute Gasteiger partial charge is 0.0102 e. The summed E-state index contributed by atoms with van der Waals surface area (Å²) in [5.74, 6) is 1.05. The zero-order valence-electron chi connectivity index (χ0n) is 6.54. The summed E-state index contributed by atoms with van der Waals surface area (Å²) in [6, 6.07) is 0. The highest BCUT2D eigenvalue weighted by atomic mass is 32.2. The van der Waals surface area contributed by atoms with Crippen LogP contribution in [0.5, 0.6) is 0 Å². The third-order valence-corrected chi connectivity index (χ3v) is 2.71. The topological polar surface area (TPSA) is 52.2 Å². The van der Waals surface area contributed by atoms with E-state index in [1.807, 2.05) is 0 Å². The standard InChI is InChI=1S/C7H15NO2S/c9-11(10)5-1-2-7-3-4-8-6-7/h7-8H,1-6H2,(H,9,10)/p-1. The summed E-state index contributed by atoms with van der Waals surface area (Å²) in [7, 11) is 0. The lowest BCUT2D eigenvalue weighted by Crippen LogP contribution is -2.09. The third-order valence-electron chi connectivity index (χ3n) is 2.09. The molecule has 0 aromatic carbocycles. The molecule has 0 spiro atoms. The van der Waals surface area contributed by atoms with Gasteiger partial charge < -0.3 is 9.87 Å². The molecular formula is C7H14NO2S-. The highest BCUT2D eigenvalue weighted by Crippen LogP contribution is 2.13. The Morgan fingerprint density at radius 2 is 2.45 bits per heavy atom. The molecule has 0 aromatic heterocycles. The summed E-state index contributed by atoms with van der Waals surface area (Å²) in [6.07, 6.45) is 3.09. The molecule has 66 valence electrons. The highest BCUT2D eigenvalue weighted by molar-refractivity contribution is 7.79. The average molecular weight is 176 g/mol. The van der Waals surface area contributed by atoms with E-state index in [0.29, 0.717) is 5.75 Å². The first-order chi connectivity index (χ1) is 5.29. The molecular weight excluding hydrogens is 162 g/mol. The van der Waals surface area contributed by atoms with Gasteiger partial charge in [-0.2, -0.15) is 0 Å².